The van der Waals surface area contributed by atoms with Gasteiger partial charge in [0, 0.05) is 25.3 Å². The van der Waals surface area contributed by atoms with E-state index in [0.717, 1.165) is 19.5 Å². The van der Waals surface area contributed by atoms with E-state index >= 15 is 0 Å². The van der Waals surface area contributed by atoms with Crippen LogP contribution in [0.25, 0.3) is 0 Å². The third-order valence-corrected chi connectivity index (χ3v) is 4.18. The van der Waals surface area contributed by atoms with E-state index in [1.807, 2.05) is 4.90 Å². The summed E-state index contributed by atoms with van der Waals surface area (Å²) in [6.07, 6.45) is 5.27. The largest absolute Gasteiger partial charge is 0.383 e. The number of carbonyl (C=O) groups excluding carboxylic acids is 1. The molecule has 2 fully saturated rings. The summed E-state index contributed by atoms with van der Waals surface area (Å²) in [6.45, 7) is 4.02. The van der Waals surface area contributed by atoms with Gasteiger partial charge >= 0.3 is 0 Å². The summed E-state index contributed by atoms with van der Waals surface area (Å²) in [5.74, 6) is 0.351. The highest BCUT2D eigenvalue weighted by Gasteiger charge is 2.32. The molecular formula is C14H20N4O. The minimum atomic E-state index is 0.0206. The zero-order valence-corrected chi connectivity index (χ0v) is 11.1. The van der Waals surface area contributed by atoms with Crippen LogP contribution >= 0.6 is 0 Å². The molecule has 0 bridgehead atoms. The monoisotopic (exact) mass is 260 g/mol. The minimum absolute atomic E-state index is 0.0206. The number of rotatable bonds is 2. The van der Waals surface area contributed by atoms with E-state index in [1.165, 1.54) is 25.9 Å². The number of hydrogen-bond donors (Lipinski definition) is 1. The lowest BCUT2D eigenvalue weighted by Crippen LogP contribution is -2.37. The van der Waals surface area contributed by atoms with Crippen LogP contribution in [-0.2, 0) is 0 Å². The van der Waals surface area contributed by atoms with Crippen LogP contribution in [0.15, 0.2) is 18.3 Å². The first-order valence-corrected chi connectivity index (χ1v) is 6.99. The summed E-state index contributed by atoms with van der Waals surface area (Å²) < 4.78 is 0. The van der Waals surface area contributed by atoms with Crippen LogP contribution < -0.4 is 5.73 Å². The first kappa shape index (κ1) is 12.4. The summed E-state index contributed by atoms with van der Waals surface area (Å²) in [4.78, 5) is 20.8. The molecule has 2 aliphatic rings. The molecule has 3 heterocycles. The highest BCUT2D eigenvalue weighted by atomic mass is 16.2. The van der Waals surface area contributed by atoms with Crippen molar-refractivity contribution in [3.05, 3.63) is 23.9 Å². The van der Waals surface area contributed by atoms with Gasteiger partial charge in [-0.1, -0.05) is 0 Å². The standard InChI is InChI=1S/C14H20N4O/c15-13-12(4-3-6-16-13)14(19)18-9-5-11(10-18)17-7-1-2-8-17/h3-4,6,11H,1-2,5,7-10H2,(H2,15,16). The van der Waals surface area contributed by atoms with E-state index in [-0.39, 0.29) is 5.91 Å². The Kier molecular flexibility index (Phi) is 3.38. The van der Waals surface area contributed by atoms with Crippen molar-refractivity contribution in [2.45, 2.75) is 25.3 Å². The third-order valence-electron chi connectivity index (χ3n) is 4.18. The number of nitrogens with zero attached hydrogens (tertiary/aromatic N) is 3. The Bertz CT molecular complexity index is 470. The maximum absolute atomic E-state index is 12.4. The number of hydrogen-bond acceptors (Lipinski definition) is 4. The molecule has 2 saturated heterocycles. The highest BCUT2D eigenvalue weighted by Crippen LogP contribution is 2.22. The van der Waals surface area contributed by atoms with Gasteiger partial charge in [0.25, 0.3) is 5.91 Å². The SMILES string of the molecule is Nc1ncccc1C(=O)N1CCC(N2CCCC2)C1. The molecular weight excluding hydrogens is 240 g/mol. The number of amides is 1. The van der Waals surface area contributed by atoms with Gasteiger partial charge in [-0.2, -0.15) is 0 Å². The minimum Gasteiger partial charge on any atom is -0.383 e. The maximum atomic E-state index is 12.4. The lowest BCUT2D eigenvalue weighted by atomic mass is 10.2. The van der Waals surface area contributed by atoms with Crippen LogP contribution in [0.4, 0.5) is 5.82 Å². The molecule has 1 unspecified atom stereocenters. The van der Waals surface area contributed by atoms with E-state index in [4.69, 9.17) is 5.73 Å². The zero-order valence-electron chi connectivity index (χ0n) is 11.1. The number of aromatic nitrogens is 1. The van der Waals surface area contributed by atoms with Gasteiger partial charge < -0.3 is 10.6 Å². The Morgan fingerprint density at radius 2 is 2.11 bits per heavy atom. The molecule has 19 heavy (non-hydrogen) atoms. The molecule has 1 aromatic heterocycles. The van der Waals surface area contributed by atoms with E-state index in [2.05, 4.69) is 9.88 Å². The van der Waals surface area contributed by atoms with Gasteiger partial charge in [0.2, 0.25) is 0 Å². The van der Waals surface area contributed by atoms with Crippen molar-refractivity contribution in [2.24, 2.45) is 0 Å². The highest BCUT2D eigenvalue weighted by molar-refractivity contribution is 5.98. The van der Waals surface area contributed by atoms with E-state index in [9.17, 15) is 4.79 Å². The Labute approximate surface area is 113 Å². The smallest absolute Gasteiger partial charge is 0.257 e. The van der Waals surface area contributed by atoms with Gasteiger partial charge in [0.05, 0.1) is 5.56 Å². The molecule has 3 rings (SSSR count). The van der Waals surface area contributed by atoms with Crippen molar-refractivity contribution in [1.29, 1.82) is 0 Å². The fourth-order valence-corrected chi connectivity index (χ4v) is 3.10. The Balaban J connectivity index is 1.67. The second kappa shape index (κ2) is 5.17. The van der Waals surface area contributed by atoms with Gasteiger partial charge in [0.15, 0.2) is 0 Å². The molecule has 0 aromatic carbocycles. The molecule has 5 nitrogen and oxygen atoms in total. The lowest BCUT2D eigenvalue weighted by Gasteiger charge is -2.23. The van der Waals surface area contributed by atoms with Crippen LogP contribution in [0.2, 0.25) is 0 Å². The molecule has 0 radical (unpaired) electrons. The normalized spacial score (nSPS) is 24.0. The predicted molar refractivity (Wildman–Crippen MR) is 73.8 cm³/mol. The molecule has 2 aliphatic heterocycles. The van der Waals surface area contributed by atoms with Gasteiger partial charge in [0.1, 0.15) is 5.82 Å². The van der Waals surface area contributed by atoms with Crippen molar-refractivity contribution in [3.63, 3.8) is 0 Å². The number of nitrogen functional groups attached to an aromatic ring is 1. The van der Waals surface area contributed by atoms with Crippen LogP contribution in [-0.4, -0.2) is 52.9 Å². The molecule has 5 heteroatoms. The van der Waals surface area contributed by atoms with Crippen LogP contribution in [0.1, 0.15) is 29.6 Å². The topological polar surface area (TPSA) is 62.5 Å². The molecule has 1 aromatic rings. The number of nitrogens with two attached hydrogens (primary N) is 1. The number of pyridine rings is 1. The molecule has 1 amide bonds. The number of likely N-dealkylation sites (tertiary alicyclic amines) is 2. The molecule has 0 saturated carbocycles. The molecule has 102 valence electrons. The second-order valence-corrected chi connectivity index (χ2v) is 5.37. The maximum Gasteiger partial charge on any atom is 0.257 e. The van der Waals surface area contributed by atoms with Crippen LogP contribution in [0.3, 0.4) is 0 Å². The quantitative estimate of drug-likeness (QED) is 0.861. The Morgan fingerprint density at radius 3 is 2.84 bits per heavy atom. The predicted octanol–water partition coefficient (Wildman–Crippen LogP) is 0.974. The molecule has 0 spiro atoms. The van der Waals surface area contributed by atoms with Crippen molar-refractivity contribution < 1.29 is 4.79 Å². The Morgan fingerprint density at radius 1 is 1.32 bits per heavy atom. The summed E-state index contributed by atoms with van der Waals surface area (Å²) in [6, 6.07) is 4.05. The lowest BCUT2D eigenvalue weighted by molar-refractivity contribution is 0.0781. The van der Waals surface area contributed by atoms with Crippen molar-refractivity contribution >= 4 is 11.7 Å². The number of carbonyl (C=O) groups is 1. The second-order valence-electron chi connectivity index (χ2n) is 5.37. The van der Waals surface area contributed by atoms with Crippen molar-refractivity contribution in [3.8, 4) is 0 Å². The number of anilines is 1. The third kappa shape index (κ3) is 2.42. The molecule has 0 aliphatic carbocycles. The summed E-state index contributed by atoms with van der Waals surface area (Å²) in [7, 11) is 0. The van der Waals surface area contributed by atoms with Crippen molar-refractivity contribution in [2.75, 3.05) is 31.9 Å². The van der Waals surface area contributed by atoms with E-state index < -0.39 is 0 Å². The van der Waals surface area contributed by atoms with Crippen LogP contribution in [0.5, 0.6) is 0 Å². The van der Waals surface area contributed by atoms with Crippen molar-refractivity contribution in [1.82, 2.24) is 14.8 Å². The fraction of sp³-hybridized carbons (Fsp3) is 0.571. The average molecular weight is 260 g/mol. The first-order chi connectivity index (χ1) is 9.25. The first-order valence-electron chi connectivity index (χ1n) is 6.99. The zero-order chi connectivity index (χ0) is 13.2. The van der Waals surface area contributed by atoms with E-state index in [1.54, 1.807) is 18.3 Å². The van der Waals surface area contributed by atoms with Gasteiger partial charge in [-0.15, -0.1) is 0 Å². The van der Waals surface area contributed by atoms with Crippen LogP contribution in [0, 0.1) is 0 Å². The summed E-state index contributed by atoms with van der Waals surface area (Å²) >= 11 is 0. The summed E-state index contributed by atoms with van der Waals surface area (Å²) in [5.41, 5.74) is 6.31. The van der Waals surface area contributed by atoms with Gasteiger partial charge in [-0.05, 0) is 44.5 Å². The fourth-order valence-electron chi connectivity index (χ4n) is 3.10. The summed E-state index contributed by atoms with van der Waals surface area (Å²) in [5, 5.41) is 0. The van der Waals surface area contributed by atoms with E-state index in [0.29, 0.717) is 17.4 Å². The Hall–Kier alpha value is -1.62. The van der Waals surface area contributed by atoms with Gasteiger partial charge in [-0.25, -0.2) is 4.98 Å². The van der Waals surface area contributed by atoms with Gasteiger partial charge in [-0.3, -0.25) is 9.69 Å². The average Bonchev–Trinajstić information content (AvgIpc) is 3.09. The molecule has 1 atom stereocenters. The molecule has 2 N–H and O–H groups in total.